The van der Waals surface area contributed by atoms with E-state index in [1.165, 1.54) is 0 Å². The molecule has 0 saturated carbocycles. The number of carboxylic acids is 1. The Hall–Kier alpha value is -0.793. The van der Waals surface area contributed by atoms with E-state index in [2.05, 4.69) is 14.7 Å². The number of aromatic carboxylic acids is 1. The average Bonchev–Trinajstić information content (AvgIpc) is 2.30. The van der Waals surface area contributed by atoms with Gasteiger partial charge in [-0.05, 0) is 0 Å². The molecule has 66 valence electrons. The summed E-state index contributed by atoms with van der Waals surface area (Å²) in [6, 6.07) is 0. The third kappa shape index (κ3) is 2.87. The Labute approximate surface area is 87.7 Å². The van der Waals surface area contributed by atoms with Crippen LogP contribution >= 0.6 is 0 Å². The minimum atomic E-state index is -1.45. The van der Waals surface area contributed by atoms with E-state index in [4.69, 9.17) is 0 Å². The number of carboxylic acid groups (broad SMARTS) is 1. The van der Waals surface area contributed by atoms with Gasteiger partial charge in [0.15, 0.2) is 5.82 Å². The van der Waals surface area contributed by atoms with Crippen LogP contribution in [0.15, 0.2) is 4.52 Å². The summed E-state index contributed by atoms with van der Waals surface area (Å²) in [6.07, 6.45) is 0. The van der Waals surface area contributed by atoms with E-state index in [-0.39, 0.29) is 24.3 Å². The van der Waals surface area contributed by atoms with Crippen LogP contribution in [0.4, 0.5) is 0 Å². The molecule has 0 fully saturated rings. The summed E-state index contributed by atoms with van der Waals surface area (Å²) in [5.41, 5.74) is -0.308. The van der Waals surface area contributed by atoms with Crippen LogP contribution in [-0.4, -0.2) is 16.1 Å². The molecule has 0 saturated heterocycles. The predicted molar refractivity (Wildman–Crippen MR) is 37.3 cm³/mol. The van der Waals surface area contributed by atoms with Crippen molar-refractivity contribution in [3.63, 3.8) is 0 Å². The second kappa shape index (κ2) is 3.94. The zero-order chi connectivity index (χ0) is 9.35. The molecule has 1 aromatic heterocycles. The predicted octanol–water partition coefficient (Wildman–Crippen LogP) is -3.27. The van der Waals surface area contributed by atoms with Crippen LogP contribution in [0.25, 0.3) is 0 Å². The topological polar surface area (TPSA) is 79.0 Å². The van der Waals surface area contributed by atoms with Crippen molar-refractivity contribution in [3.05, 3.63) is 11.7 Å². The molecule has 6 heteroatoms. The quantitative estimate of drug-likeness (QED) is 0.419. The molecule has 0 bridgehead atoms. The summed E-state index contributed by atoms with van der Waals surface area (Å²) < 4.78 is 4.43. The van der Waals surface area contributed by atoms with Gasteiger partial charge in [0, 0.05) is 5.41 Å². The summed E-state index contributed by atoms with van der Waals surface area (Å²) >= 11 is 0. The van der Waals surface area contributed by atoms with Crippen molar-refractivity contribution in [3.8, 4) is 0 Å². The Morgan fingerprint density at radius 1 is 1.46 bits per heavy atom. The van der Waals surface area contributed by atoms with Crippen LogP contribution in [0, 0.1) is 0 Å². The number of carbonyl (C=O) groups excluding carboxylic acids is 1. The third-order valence-electron chi connectivity index (χ3n) is 1.27. The number of rotatable bonds is 1. The molecule has 1 rings (SSSR count). The molecule has 0 N–H and O–H groups in total. The fourth-order valence-corrected chi connectivity index (χ4v) is 0.611. The maximum atomic E-state index is 10.2. The molecule has 0 aliphatic rings. The van der Waals surface area contributed by atoms with E-state index in [0.717, 1.165) is 0 Å². The summed E-state index contributed by atoms with van der Waals surface area (Å²) in [5, 5.41) is 13.7. The summed E-state index contributed by atoms with van der Waals surface area (Å²) in [5.74, 6) is -1.56. The number of carbonyl (C=O) groups is 1. The van der Waals surface area contributed by atoms with Gasteiger partial charge >= 0.3 is 18.9 Å². The molecule has 0 amide bonds. The maximum Gasteiger partial charge on any atom is 1.00 e. The summed E-state index contributed by atoms with van der Waals surface area (Å²) in [4.78, 5) is 13.9. The molecule has 0 aliphatic carbocycles. The van der Waals surface area contributed by atoms with Gasteiger partial charge in [0.2, 0.25) is 0 Å². The van der Waals surface area contributed by atoms with Gasteiger partial charge < -0.3 is 14.4 Å². The van der Waals surface area contributed by atoms with Crippen LogP contribution in [-0.2, 0) is 5.41 Å². The molecule has 0 aromatic carbocycles. The van der Waals surface area contributed by atoms with Crippen LogP contribution in [0.5, 0.6) is 0 Å². The van der Waals surface area contributed by atoms with Gasteiger partial charge in [-0.2, -0.15) is 4.98 Å². The number of nitrogens with zero attached hydrogens (tertiary/aromatic N) is 2. The SMILES string of the molecule is CC(C)(C)c1noc(C(=O)[O-])n1.[Li+]. The smallest absolute Gasteiger partial charge is 0.540 e. The van der Waals surface area contributed by atoms with Crippen molar-refractivity contribution in [2.24, 2.45) is 0 Å². The normalized spacial score (nSPS) is 10.7. The first kappa shape index (κ1) is 12.2. The van der Waals surface area contributed by atoms with E-state index < -0.39 is 11.9 Å². The number of hydrogen-bond donors (Lipinski definition) is 0. The molecule has 13 heavy (non-hydrogen) atoms. The zero-order valence-electron chi connectivity index (χ0n) is 8.12. The van der Waals surface area contributed by atoms with Crippen molar-refractivity contribution in [1.82, 2.24) is 10.1 Å². The molecular formula is C7H9LiN2O3. The van der Waals surface area contributed by atoms with Crippen LogP contribution in [0.1, 0.15) is 37.3 Å². The Morgan fingerprint density at radius 3 is 2.23 bits per heavy atom. The van der Waals surface area contributed by atoms with E-state index in [1.54, 1.807) is 0 Å². The first-order chi connectivity index (χ1) is 5.41. The van der Waals surface area contributed by atoms with Crippen LogP contribution in [0.2, 0.25) is 0 Å². The van der Waals surface area contributed by atoms with E-state index in [1.807, 2.05) is 20.8 Å². The van der Waals surface area contributed by atoms with Crippen molar-refractivity contribution in [2.45, 2.75) is 26.2 Å². The largest absolute Gasteiger partial charge is 1.00 e. The molecule has 0 aliphatic heterocycles. The van der Waals surface area contributed by atoms with Crippen molar-refractivity contribution >= 4 is 5.97 Å². The van der Waals surface area contributed by atoms with Gasteiger partial charge in [0.25, 0.3) is 5.89 Å². The van der Waals surface area contributed by atoms with Crippen molar-refractivity contribution in [1.29, 1.82) is 0 Å². The average molecular weight is 176 g/mol. The minimum absolute atomic E-state index is 0. The molecular weight excluding hydrogens is 167 g/mol. The second-order valence-corrected chi connectivity index (χ2v) is 3.46. The Balaban J connectivity index is 0.00000144. The maximum absolute atomic E-state index is 10.2. The van der Waals surface area contributed by atoms with Gasteiger partial charge in [0.05, 0.1) is 0 Å². The first-order valence-corrected chi connectivity index (χ1v) is 3.47. The van der Waals surface area contributed by atoms with Crippen molar-refractivity contribution in [2.75, 3.05) is 0 Å². The molecule has 0 atom stereocenters. The number of hydrogen-bond acceptors (Lipinski definition) is 5. The molecule has 1 aromatic rings. The van der Waals surface area contributed by atoms with Gasteiger partial charge in [-0.3, -0.25) is 0 Å². The first-order valence-electron chi connectivity index (χ1n) is 3.47. The third-order valence-corrected chi connectivity index (χ3v) is 1.27. The van der Waals surface area contributed by atoms with E-state index in [9.17, 15) is 9.90 Å². The van der Waals surface area contributed by atoms with E-state index >= 15 is 0 Å². The minimum Gasteiger partial charge on any atom is -0.540 e. The standard InChI is InChI=1S/C7H10N2O3.Li/c1-7(2,3)6-8-4(5(10)11)12-9-6;/h1-3H3,(H,10,11);/q;+1/p-1. The van der Waals surface area contributed by atoms with E-state index in [0.29, 0.717) is 5.82 Å². The summed E-state index contributed by atoms with van der Waals surface area (Å²) in [7, 11) is 0. The number of aromatic nitrogens is 2. The van der Waals surface area contributed by atoms with Gasteiger partial charge in [0.1, 0.15) is 5.97 Å². The fraction of sp³-hybridized carbons (Fsp3) is 0.571. The van der Waals surface area contributed by atoms with Gasteiger partial charge in [-0.15, -0.1) is 0 Å². The van der Waals surface area contributed by atoms with Crippen LogP contribution < -0.4 is 24.0 Å². The Bertz CT molecular complexity index is 303. The summed E-state index contributed by atoms with van der Waals surface area (Å²) in [6.45, 7) is 5.57. The van der Waals surface area contributed by atoms with Crippen LogP contribution in [0.3, 0.4) is 0 Å². The second-order valence-electron chi connectivity index (χ2n) is 3.46. The molecule has 0 spiro atoms. The zero-order valence-corrected chi connectivity index (χ0v) is 8.12. The fourth-order valence-electron chi connectivity index (χ4n) is 0.611. The Kier molecular flexibility index (Phi) is 3.70. The van der Waals surface area contributed by atoms with Crippen molar-refractivity contribution < 1.29 is 33.3 Å². The van der Waals surface area contributed by atoms with Gasteiger partial charge in [-0.25, -0.2) is 0 Å². The molecule has 5 nitrogen and oxygen atoms in total. The molecule has 1 heterocycles. The van der Waals surface area contributed by atoms with Gasteiger partial charge in [-0.1, -0.05) is 25.9 Å². The molecule has 0 unspecified atom stereocenters. The Morgan fingerprint density at radius 2 is 2.00 bits per heavy atom. The molecule has 0 radical (unpaired) electrons. The monoisotopic (exact) mass is 176 g/mol.